The number of aromatic nitrogens is 1. The SMILES string of the molecule is CCCC(=O)NCCc1cccc(S(=O)(=O)NC(=O)c2ccc(OC(=O)NCCOC)nc2)c1. The third kappa shape index (κ3) is 8.79. The molecule has 0 aliphatic carbocycles. The Hall–Kier alpha value is -3.51. The molecule has 1 aromatic heterocycles. The molecule has 0 saturated carbocycles. The van der Waals surface area contributed by atoms with Crippen molar-refractivity contribution < 1.29 is 32.3 Å². The lowest BCUT2D eigenvalue weighted by Gasteiger charge is -2.10. The van der Waals surface area contributed by atoms with Crippen molar-refractivity contribution in [1.82, 2.24) is 20.3 Å². The van der Waals surface area contributed by atoms with E-state index >= 15 is 0 Å². The average molecular weight is 493 g/mol. The first-order valence-electron chi connectivity index (χ1n) is 10.6. The summed E-state index contributed by atoms with van der Waals surface area (Å²) in [5, 5.41) is 5.21. The quantitative estimate of drug-likeness (QED) is 0.376. The van der Waals surface area contributed by atoms with Gasteiger partial charge < -0.3 is 20.1 Å². The molecule has 3 amide bonds. The van der Waals surface area contributed by atoms with E-state index < -0.39 is 22.0 Å². The molecular formula is C22H28N4O7S. The highest BCUT2D eigenvalue weighted by molar-refractivity contribution is 7.90. The maximum atomic E-state index is 12.7. The van der Waals surface area contributed by atoms with Crippen molar-refractivity contribution in [3.8, 4) is 5.88 Å². The zero-order valence-corrected chi connectivity index (χ0v) is 19.8. The Balaban J connectivity index is 1.96. The van der Waals surface area contributed by atoms with Crippen LogP contribution in [-0.4, -0.2) is 58.1 Å². The topological polar surface area (TPSA) is 153 Å². The van der Waals surface area contributed by atoms with Crippen LogP contribution < -0.4 is 20.1 Å². The number of nitrogens with one attached hydrogen (secondary N) is 3. The summed E-state index contributed by atoms with van der Waals surface area (Å²) >= 11 is 0. The number of rotatable bonds is 12. The van der Waals surface area contributed by atoms with E-state index in [1.165, 1.54) is 31.4 Å². The van der Waals surface area contributed by atoms with Crippen LogP contribution in [0.2, 0.25) is 0 Å². The van der Waals surface area contributed by atoms with Gasteiger partial charge in [0.1, 0.15) is 0 Å². The smallest absolute Gasteiger partial charge is 0.391 e. The number of amides is 3. The summed E-state index contributed by atoms with van der Waals surface area (Å²) in [6, 6.07) is 8.66. The number of methoxy groups -OCH3 is 1. The average Bonchev–Trinajstić information content (AvgIpc) is 2.80. The maximum Gasteiger partial charge on any atom is 0.414 e. The van der Waals surface area contributed by atoms with Crippen molar-refractivity contribution in [3.05, 3.63) is 53.7 Å². The number of nitrogens with zero attached hydrogens (tertiary/aromatic N) is 1. The fourth-order valence-corrected chi connectivity index (χ4v) is 3.77. The molecule has 0 bridgehead atoms. The summed E-state index contributed by atoms with van der Waals surface area (Å²) in [5.74, 6) is -1.01. The molecule has 0 saturated heterocycles. The Labute approximate surface area is 198 Å². The monoisotopic (exact) mass is 492 g/mol. The molecule has 0 atom stereocenters. The van der Waals surface area contributed by atoms with E-state index in [0.29, 0.717) is 31.6 Å². The molecule has 11 nitrogen and oxygen atoms in total. The highest BCUT2D eigenvalue weighted by Crippen LogP contribution is 2.14. The van der Waals surface area contributed by atoms with Gasteiger partial charge in [-0.2, -0.15) is 0 Å². The lowest BCUT2D eigenvalue weighted by atomic mass is 10.1. The van der Waals surface area contributed by atoms with Crippen LogP contribution in [0.5, 0.6) is 5.88 Å². The second kappa shape index (κ2) is 13.3. The zero-order valence-electron chi connectivity index (χ0n) is 19.0. The number of pyridine rings is 1. The van der Waals surface area contributed by atoms with Crippen molar-refractivity contribution in [2.24, 2.45) is 0 Å². The van der Waals surface area contributed by atoms with Gasteiger partial charge in [0.25, 0.3) is 15.9 Å². The molecule has 0 unspecified atom stereocenters. The number of hydrogen-bond acceptors (Lipinski definition) is 8. The molecule has 184 valence electrons. The molecule has 0 spiro atoms. The molecule has 0 aliphatic heterocycles. The minimum atomic E-state index is -4.14. The Kier molecular flexibility index (Phi) is 10.4. The van der Waals surface area contributed by atoms with Crippen LogP contribution in [0.4, 0.5) is 4.79 Å². The van der Waals surface area contributed by atoms with Gasteiger partial charge in [-0.05, 0) is 36.6 Å². The minimum Gasteiger partial charge on any atom is -0.391 e. The van der Waals surface area contributed by atoms with Crippen molar-refractivity contribution >= 4 is 27.9 Å². The normalized spacial score (nSPS) is 10.9. The summed E-state index contributed by atoms with van der Waals surface area (Å²) < 4.78 is 37.1. The second-order valence-corrected chi connectivity index (χ2v) is 8.81. The van der Waals surface area contributed by atoms with Crippen LogP contribution in [0.25, 0.3) is 0 Å². The molecule has 0 radical (unpaired) electrons. The summed E-state index contributed by atoms with van der Waals surface area (Å²) in [7, 11) is -2.65. The van der Waals surface area contributed by atoms with E-state index in [-0.39, 0.29) is 28.8 Å². The number of ether oxygens (including phenoxy) is 2. The van der Waals surface area contributed by atoms with Gasteiger partial charge in [0.15, 0.2) is 0 Å². The van der Waals surface area contributed by atoms with Gasteiger partial charge in [-0.1, -0.05) is 19.1 Å². The predicted octanol–water partition coefficient (Wildman–Crippen LogP) is 1.39. The number of sulfonamides is 1. The van der Waals surface area contributed by atoms with Crippen LogP contribution in [0.3, 0.4) is 0 Å². The molecular weight excluding hydrogens is 464 g/mol. The van der Waals surface area contributed by atoms with Crippen LogP contribution in [0.1, 0.15) is 35.7 Å². The van der Waals surface area contributed by atoms with E-state index in [1.54, 1.807) is 12.1 Å². The van der Waals surface area contributed by atoms with Crippen molar-refractivity contribution in [2.75, 3.05) is 26.8 Å². The van der Waals surface area contributed by atoms with E-state index in [1.807, 2.05) is 11.6 Å². The summed E-state index contributed by atoms with van der Waals surface area (Å²) in [6.07, 6.45) is 1.97. The molecule has 2 rings (SSSR count). The number of carbonyl (C=O) groups excluding carboxylic acids is 3. The second-order valence-electron chi connectivity index (χ2n) is 7.13. The van der Waals surface area contributed by atoms with Gasteiger partial charge in [-0.25, -0.2) is 22.9 Å². The van der Waals surface area contributed by atoms with E-state index in [9.17, 15) is 22.8 Å². The predicted molar refractivity (Wildman–Crippen MR) is 123 cm³/mol. The van der Waals surface area contributed by atoms with Crippen molar-refractivity contribution in [3.63, 3.8) is 0 Å². The first-order chi connectivity index (χ1) is 16.2. The van der Waals surface area contributed by atoms with Gasteiger partial charge in [0.2, 0.25) is 11.8 Å². The fraction of sp³-hybridized carbons (Fsp3) is 0.364. The third-order valence-corrected chi connectivity index (χ3v) is 5.75. The molecule has 0 fully saturated rings. The highest BCUT2D eigenvalue weighted by atomic mass is 32.2. The summed E-state index contributed by atoms with van der Waals surface area (Å²) in [5.41, 5.74) is 0.657. The molecule has 3 N–H and O–H groups in total. The minimum absolute atomic E-state index is 0.0366. The van der Waals surface area contributed by atoms with Crippen LogP contribution in [-0.2, 0) is 26.0 Å². The fourth-order valence-electron chi connectivity index (χ4n) is 2.73. The lowest BCUT2D eigenvalue weighted by Crippen LogP contribution is -2.31. The number of hydrogen-bond donors (Lipinski definition) is 3. The first-order valence-corrected chi connectivity index (χ1v) is 12.1. The summed E-state index contributed by atoms with van der Waals surface area (Å²) in [6.45, 7) is 2.85. The maximum absolute atomic E-state index is 12.7. The largest absolute Gasteiger partial charge is 0.414 e. The number of carbonyl (C=O) groups is 3. The van der Waals surface area contributed by atoms with Crippen LogP contribution in [0.15, 0.2) is 47.5 Å². The standard InChI is InChI=1S/C22H28N4O7S/c1-3-5-19(27)23-11-10-16-6-4-7-18(14-16)34(30,31)26-21(28)17-8-9-20(25-15-17)33-22(29)24-12-13-32-2/h4,6-9,14-15H,3,5,10-13H2,1-2H3,(H,23,27)(H,24,29)(H,26,28). The van der Waals surface area contributed by atoms with Gasteiger partial charge >= 0.3 is 6.09 Å². The molecule has 1 heterocycles. The summed E-state index contributed by atoms with van der Waals surface area (Å²) in [4.78, 5) is 39.3. The van der Waals surface area contributed by atoms with Gasteiger partial charge in [0, 0.05) is 38.9 Å². The Bertz CT molecular complexity index is 1090. The molecule has 2 aromatic rings. The Morgan fingerprint density at radius 2 is 1.85 bits per heavy atom. The van der Waals surface area contributed by atoms with Crippen LogP contribution >= 0.6 is 0 Å². The zero-order chi connectivity index (χ0) is 25.0. The molecule has 0 aliphatic rings. The van der Waals surface area contributed by atoms with Gasteiger partial charge in [0.05, 0.1) is 17.1 Å². The molecule has 34 heavy (non-hydrogen) atoms. The van der Waals surface area contributed by atoms with E-state index in [2.05, 4.69) is 15.6 Å². The Morgan fingerprint density at radius 1 is 1.06 bits per heavy atom. The Morgan fingerprint density at radius 3 is 2.53 bits per heavy atom. The highest BCUT2D eigenvalue weighted by Gasteiger charge is 2.19. The van der Waals surface area contributed by atoms with Gasteiger partial charge in [-0.15, -0.1) is 0 Å². The lowest BCUT2D eigenvalue weighted by molar-refractivity contribution is -0.121. The number of benzene rings is 1. The molecule has 12 heteroatoms. The third-order valence-electron chi connectivity index (χ3n) is 4.42. The van der Waals surface area contributed by atoms with E-state index in [4.69, 9.17) is 9.47 Å². The van der Waals surface area contributed by atoms with Crippen molar-refractivity contribution in [1.29, 1.82) is 0 Å². The molecule has 1 aromatic carbocycles. The van der Waals surface area contributed by atoms with Crippen LogP contribution in [0, 0.1) is 0 Å². The van der Waals surface area contributed by atoms with Gasteiger partial charge in [-0.3, -0.25) is 9.59 Å². The van der Waals surface area contributed by atoms with E-state index in [0.717, 1.165) is 12.6 Å². The first kappa shape index (κ1) is 26.7. The van der Waals surface area contributed by atoms with Crippen molar-refractivity contribution in [2.45, 2.75) is 31.1 Å².